The maximum absolute atomic E-state index is 11.4. The second-order valence-corrected chi connectivity index (χ2v) is 6.61. The molecule has 0 radical (unpaired) electrons. The molecule has 1 unspecified atom stereocenters. The van der Waals surface area contributed by atoms with E-state index in [-0.39, 0.29) is 30.6 Å². The third-order valence-electron chi connectivity index (χ3n) is 2.52. The van der Waals surface area contributed by atoms with E-state index in [9.17, 15) is 13.2 Å². The molecule has 0 saturated carbocycles. The Morgan fingerprint density at radius 2 is 2.00 bits per heavy atom. The van der Waals surface area contributed by atoms with Gasteiger partial charge < -0.3 is 10.4 Å². The fourth-order valence-corrected chi connectivity index (χ4v) is 2.12. The van der Waals surface area contributed by atoms with Crippen LogP contribution in [0.2, 0.25) is 0 Å². The van der Waals surface area contributed by atoms with Gasteiger partial charge in [-0.3, -0.25) is 4.79 Å². The number of carbonyl (C=O) groups is 1. The highest BCUT2D eigenvalue weighted by atomic mass is 32.2. The van der Waals surface area contributed by atoms with Gasteiger partial charge in [0.25, 0.3) is 0 Å². The zero-order valence-corrected chi connectivity index (χ0v) is 11.4. The Labute approximate surface area is 104 Å². The summed E-state index contributed by atoms with van der Waals surface area (Å²) in [6.45, 7) is 2.68. The van der Waals surface area contributed by atoms with E-state index in [4.69, 9.17) is 5.11 Å². The first kappa shape index (κ1) is 16.4. The number of hydrogen-bond acceptors (Lipinski definition) is 4. The molecule has 0 aromatic carbocycles. The van der Waals surface area contributed by atoms with E-state index in [2.05, 4.69) is 12.2 Å². The number of aliphatic hydroxyl groups is 1. The summed E-state index contributed by atoms with van der Waals surface area (Å²) in [5, 5.41) is 11.6. The first-order valence-electron chi connectivity index (χ1n) is 5.94. The van der Waals surface area contributed by atoms with Gasteiger partial charge in [0.2, 0.25) is 5.91 Å². The minimum Gasteiger partial charge on any atom is -0.396 e. The topological polar surface area (TPSA) is 83.5 Å². The molecule has 102 valence electrons. The summed E-state index contributed by atoms with van der Waals surface area (Å²) in [6, 6.07) is 0. The molecule has 0 aliphatic rings. The molecule has 1 amide bonds. The molecular weight excluding hydrogens is 242 g/mol. The molecule has 0 aromatic rings. The Bertz CT molecular complexity index is 307. The maximum atomic E-state index is 11.4. The summed E-state index contributed by atoms with van der Waals surface area (Å²) in [5.41, 5.74) is 0. The second kappa shape index (κ2) is 8.47. The normalized spacial score (nSPS) is 13.4. The van der Waals surface area contributed by atoms with Gasteiger partial charge >= 0.3 is 0 Å². The van der Waals surface area contributed by atoms with Gasteiger partial charge in [-0.1, -0.05) is 13.3 Å². The van der Waals surface area contributed by atoms with Crippen molar-refractivity contribution in [1.82, 2.24) is 5.32 Å². The van der Waals surface area contributed by atoms with Crippen LogP contribution < -0.4 is 5.32 Å². The average molecular weight is 265 g/mol. The van der Waals surface area contributed by atoms with Gasteiger partial charge in [0.05, 0.1) is 5.75 Å². The van der Waals surface area contributed by atoms with Crippen LogP contribution in [0.3, 0.4) is 0 Å². The van der Waals surface area contributed by atoms with Gasteiger partial charge in [-0.15, -0.1) is 0 Å². The molecule has 0 bridgehead atoms. The molecule has 0 fully saturated rings. The van der Waals surface area contributed by atoms with E-state index in [0.717, 1.165) is 19.1 Å². The lowest BCUT2D eigenvalue weighted by Gasteiger charge is -2.15. The van der Waals surface area contributed by atoms with Gasteiger partial charge in [0.1, 0.15) is 9.84 Å². The van der Waals surface area contributed by atoms with E-state index in [1.54, 1.807) is 0 Å². The molecular formula is C11H23NO4S. The number of aliphatic hydroxyl groups excluding tert-OH is 1. The van der Waals surface area contributed by atoms with Crippen LogP contribution in [0.1, 0.15) is 32.6 Å². The lowest BCUT2D eigenvalue weighted by molar-refractivity contribution is -0.120. The summed E-state index contributed by atoms with van der Waals surface area (Å²) in [6.07, 6.45) is 3.75. The van der Waals surface area contributed by atoms with Crippen LogP contribution in [0, 0.1) is 5.92 Å². The quantitative estimate of drug-likeness (QED) is 0.629. The first-order valence-corrected chi connectivity index (χ1v) is 8.00. The van der Waals surface area contributed by atoms with Crippen molar-refractivity contribution in [2.45, 2.75) is 32.6 Å². The number of rotatable bonds is 9. The van der Waals surface area contributed by atoms with Crippen LogP contribution in [0.5, 0.6) is 0 Å². The highest BCUT2D eigenvalue weighted by Gasteiger charge is 2.11. The van der Waals surface area contributed by atoms with Gasteiger partial charge in [-0.05, 0) is 18.8 Å². The minimum atomic E-state index is -3.08. The zero-order valence-electron chi connectivity index (χ0n) is 10.6. The summed E-state index contributed by atoms with van der Waals surface area (Å²) >= 11 is 0. The smallest absolute Gasteiger partial charge is 0.221 e. The van der Waals surface area contributed by atoms with Crippen LogP contribution in [0.4, 0.5) is 0 Å². The molecule has 0 spiro atoms. The van der Waals surface area contributed by atoms with Gasteiger partial charge in [0, 0.05) is 25.8 Å². The molecule has 0 aliphatic carbocycles. The van der Waals surface area contributed by atoms with Crippen LogP contribution in [-0.2, 0) is 14.6 Å². The van der Waals surface area contributed by atoms with Crippen molar-refractivity contribution < 1.29 is 18.3 Å². The largest absolute Gasteiger partial charge is 0.396 e. The standard InChI is InChI=1S/C11H23NO4S/c1-3-4-10(5-7-13)9-12-11(14)6-8-17(2,15)16/h10,13H,3-9H2,1-2H3,(H,12,14). The average Bonchev–Trinajstić information content (AvgIpc) is 2.23. The molecule has 0 saturated heterocycles. The molecule has 0 aromatic heterocycles. The highest BCUT2D eigenvalue weighted by molar-refractivity contribution is 7.90. The number of sulfone groups is 1. The Morgan fingerprint density at radius 3 is 2.47 bits per heavy atom. The van der Waals surface area contributed by atoms with Crippen LogP contribution in [0.25, 0.3) is 0 Å². The lowest BCUT2D eigenvalue weighted by atomic mass is 10.0. The predicted molar refractivity (Wildman–Crippen MR) is 67.4 cm³/mol. The van der Waals surface area contributed by atoms with Crippen LogP contribution in [0.15, 0.2) is 0 Å². The fourth-order valence-electron chi connectivity index (χ4n) is 1.56. The van der Waals surface area contributed by atoms with Gasteiger partial charge in [-0.25, -0.2) is 8.42 Å². The highest BCUT2D eigenvalue weighted by Crippen LogP contribution is 2.09. The maximum Gasteiger partial charge on any atom is 0.221 e. The third-order valence-corrected chi connectivity index (χ3v) is 3.47. The van der Waals surface area contributed by atoms with Crippen molar-refractivity contribution in [2.24, 2.45) is 5.92 Å². The van der Waals surface area contributed by atoms with Gasteiger partial charge in [0.15, 0.2) is 0 Å². The number of hydrogen-bond donors (Lipinski definition) is 2. The van der Waals surface area contributed by atoms with Crippen molar-refractivity contribution in [3.63, 3.8) is 0 Å². The van der Waals surface area contributed by atoms with Crippen molar-refractivity contribution in [1.29, 1.82) is 0 Å². The van der Waals surface area contributed by atoms with E-state index in [1.165, 1.54) is 0 Å². The van der Waals surface area contributed by atoms with Crippen LogP contribution in [-0.4, -0.2) is 44.6 Å². The third kappa shape index (κ3) is 10.3. The van der Waals surface area contributed by atoms with Gasteiger partial charge in [-0.2, -0.15) is 0 Å². The summed E-state index contributed by atoms with van der Waals surface area (Å²) < 4.78 is 21.7. The van der Waals surface area contributed by atoms with E-state index < -0.39 is 9.84 Å². The summed E-state index contributed by atoms with van der Waals surface area (Å²) in [4.78, 5) is 11.4. The molecule has 1 atom stereocenters. The number of amides is 1. The number of carbonyl (C=O) groups excluding carboxylic acids is 1. The molecule has 5 nitrogen and oxygen atoms in total. The van der Waals surface area contributed by atoms with E-state index >= 15 is 0 Å². The second-order valence-electron chi connectivity index (χ2n) is 4.35. The zero-order chi connectivity index (χ0) is 13.3. The van der Waals surface area contributed by atoms with Crippen molar-refractivity contribution in [2.75, 3.05) is 25.2 Å². The Kier molecular flexibility index (Phi) is 8.16. The monoisotopic (exact) mass is 265 g/mol. The van der Waals surface area contributed by atoms with E-state index in [0.29, 0.717) is 13.0 Å². The lowest BCUT2D eigenvalue weighted by Crippen LogP contribution is -2.30. The van der Waals surface area contributed by atoms with E-state index in [1.807, 2.05) is 0 Å². The predicted octanol–water partition coefficient (Wildman–Crippen LogP) is 0.336. The fraction of sp³-hybridized carbons (Fsp3) is 0.909. The number of nitrogens with one attached hydrogen (secondary N) is 1. The Hall–Kier alpha value is -0.620. The van der Waals surface area contributed by atoms with Crippen LogP contribution >= 0.6 is 0 Å². The van der Waals surface area contributed by atoms with Crippen molar-refractivity contribution >= 4 is 15.7 Å². The Balaban J connectivity index is 3.87. The molecule has 0 aliphatic heterocycles. The molecule has 0 heterocycles. The molecule has 0 rings (SSSR count). The van der Waals surface area contributed by atoms with Crippen molar-refractivity contribution in [3.05, 3.63) is 0 Å². The van der Waals surface area contributed by atoms with Crippen molar-refractivity contribution in [3.8, 4) is 0 Å². The SMILES string of the molecule is CCCC(CCO)CNC(=O)CCS(C)(=O)=O. The minimum absolute atomic E-state index is 0.0107. The molecule has 2 N–H and O–H groups in total. The first-order chi connectivity index (χ1) is 7.89. The Morgan fingerprint density at radius 1 is 1.35 bits per heavy atom. The molecule has 17 heavy (non-hydrogen) atoms. The molecule has 6 heteroatoms. The summed E-state index contributed by atoms with van der Waals surface area (Å²) in [7, 11) is -3.08. The summed E-state index contributed by atoms with van der Waals surface area (Å²) in [5.74, 6) is -0.0845.